The smallest absolute Gasteiger partial charge is 0.225 e. The topological polar surface area (TPSA) is 70.0 Å². The highest BCUT2D eigenvalue weighted by molar-refractivity contribution is 5.80. The highest BCUT2D eigenvalue weighted by Gasteiger charge is 2.53. The Morgan fingerprint density at radius 3 is 2.93 bits per heavy atom. The first-order valence-electron chi connectivity index (χ1n) is 5.22. The minimum atomic E-state index is -0.832. The van der Waals surface area contributed by atoms with Crippen molar-refractivity contribution in [1.29, 1.82) is 0 Å². The van der Waals surface area contributed by atoms with E-state index < -0.39 is 11.8 Å². The minimum Gasteiger partial charge on any atom is -0.394 e. The average molecular weight is 215 g/mol. The van der Waals surface area contributed by atoms with E-state index in [1.165, 1.54) is 0 Å². The van der Waals surface area contributed by atoms with E-state index in [-0.39, 0.29) is 24.5 Å². The summed E-state index contributed by atoms with van der Waals surface area (Å²) < 4.78 is 5.51. The van der Waals surface area contributed by atoms with Gasteiger partial charge in [-0.25, -0.2) is 0 Å². The Morgan fingerprint density at radius 1 is 1.67 bits per heavy atom. The fourth-order valence-corrected chi connectivity index (χ4v) is 2.60. The maximum Gasteiger partial charge on any atom is 0.225 e. The Hall–Kier alpha value is -0.650. The Labute approximate surface area is 88.6 Å². The second-order valence-electron chi connectivity index (χ2n) is 4.71. The number of rotatable bonds is 2. The first kappa shape index (κ1) is 10.9. The lowest BCUT2D eigenvalue weighted by atomic mass is 9.95. The molecule has 2 aliphatic heterocycles. The summed E-state index contributed by atoms with van der Waals surface area (Å²) >= 11 is 0. The molecule has 3 unspecified atom stereocenters. The van der Waals surface area contributed by atoms with Gasteiger partial charge in [0.05, 0.1) is 25.4 Å². The van der Waals surface area contributed by atoms with E-state index >= 15 is 0 Å². The van der Waals surface area contributed by atoms with Crippen molar-refractivity contribution < 1.29 is 19.7 Å². The fraction of sp³-hybridized carbons (Fsp3) is 0.900. The zero-order valence-corrected chi connectivity index (χ0v) is 9.01. The average Bonchev–Trinajstić information content (AvgIpc) is 2.66. The molecule has 0 radical (unpaired) electrons. The predicted octanol–water partition coefficient (Wildman–Crippen LogP) is -0.677. The molecule has 15 heavy (non-hydrogen) atoms. The minimum absolute atomic E-state index is 0.000000000000000444. The molecule has 2 heterocycles. The number of carbonyl (C=O) groups is 1. The third-order valence-electron chi connectivity index (χ3n) is 3.37. The van der Waals surface area contributed by atoms with Crippen LogP contribution in [0.4, 0.5) is 0 Å². The van der Waals surface area contributed by atoms with Gasteiger partial charge in [0.2, 0.25) is 5.91 Å². The predicted molar refractivity (Wildman–Crippen MR) is 51.9 cm³/mol. The lowest BCUT2D eigenvalue weighted by Crippen LogP contribution is -2.45. The Bertz CT molecular complexity index is 279. The second kappa shape index (κ2) is 3.43. The summed E-state index contributed by atoms with van der Waals surface area (Å²) in [6.07, 6.45) is -0.527. The van der Waals surface area contributed by atoms with Crippen molar-refractivity contribution in [2.45, 2.75) is 38.1 Å². The molecule has 5 heteroatoms. The van der Waals surface area contributed by atoms with Crippen molar-refractivity contribution >= 4 is 5.91 Å². The number of fused-ring (bicyclic) bond motifs is 1. The van der Waals surface area contributed by atoms with Gasteiger partial charge in [-0.05, 0) is 13.8 Å². The van der Waals surface area contributed by atoms with Crippen LogP contribution in [0.5, 0.6) is 0 Å². The van der Waals surface area contributed by atoms with Gasteiger partial charge in [-0.3, -0.25) is 4.79 Å². The zero-order chi connectivity index (χ0) is 11.2. The fourth-order valence-electron chi connectivity index (χ4n) is 2.60. The molecule has 0 aromatic carbocycles. The van der Waals surface area contributed by atoms with Crippen LogP contribution in [0, 0.1) is 5.92 Å². The molecule has 0 aromatic rings. The van der Waals surface area contributed by atoms with E-state index in [1.54, 1.807) is 4.90 Å². The van der Waals surface area contributed by atoms with Gasteiger partial charge < -0.3 is 19.8 Å². The molecule has 2 aliphatic rings. The van der Waals surface area contributed by atoms with Gasteiger partial charge in [-0.15, -0.1) is 0 Å². The quantitative estimate of drug-likeness (QED) is 0.640. The molecular weight excluding hydrogens is 198 g/mol. The molecule has 86 valence electrons. The summed E-state index contributed by atoms with van der Waals surface area (Å²) in [5.41, 5.74) is -0.578. The van der Waals surface area contributed by atoms with E-state index in [4.69, 9.17) is 9.84 Å². The summed E-state index contributed by atoms with van der Waals surface area (Å²) in [5, 5.41) is 18.5. The molecule has 0 aliphatic carbocycles. The highest BCUT2D eigenvalue weighted by Crippen LogP contribution is 2.39. The van der Waals surface area contributed by atoms with Crippen LogP contribution >= 0.6 is 0 Å². The van der Waals surface area contributed by atoms with Gasteiger partial charge in [-0.1, -0.05) is 0 Å². The van der Waals surface area contributed by atoms with Gasteiger partial charge in [0.25, 0.3) is 0 Å². The number of hydrogen-bond donors (Lipinski definition) is 2. The molecular formula is C10H17NO4. The summed E-state index contributed by atoms with van der Waals surface area (Å²) in [7, 11) is 0. The number of carbonyl (C=O) groups excluding carboxylic acids is 1. The summed E-state index contributed by atoms with van der Waals surface area (Å²) in [5.74, 6) is -0.204. The summed E-state index contributed by atoms with van der Waals surface area (Å²) in [4.78, 5) is 13.4. The van der Waals surface area contributed by atoms with Crippen molar-refractivity contribution in [2.24, 2.45) is 5.92 Å². The van der Waals surface area contributed by atoms with Gasteiger partial charge in [0.15, 0.2) is 0 Å². The molecule has 2 fully saturated rings. The standard InChI is InChI=1S/C10H17NO4/c1-10(2)11-7(5-15-10)6(3-9(11)14)8(13)4-12/h6-8,12-13H,3-5H2,1-2H3. The first-order valence-corrected chi connectivity index (χ1v) is 5.22. The van der Waals surface area contributed by atoms with E-state index in [0.717, 1.165) is 0 Å². The van der Waals surface area contributed by atoms with Crippen molar-refractivity contribution in [2.75, 3.05) is 13.2 Å². The molecule has 0 saturated carbocycles. The normalized spacial score (nSPS) is 35.7. The monoisotopic (exact) mass is 215 g/mol. The Kier molecular flexibility index (Phi) is 2.48. The van der Waals surface area contributed by atoms with Crippen LogP contribution in [0.3, 0.4) is 0 Å². The SMILES string of the molecule is CC1(C)OCC2C(C(O)CO)CC(=O)N21. The zero-order valence-electron chi connectivity index (χ0n) is 9.01. The van der Waals surface area contributed by atoms with Crippen molar-refractivity contribution in [3.8, 4) is 0 Å². The van der Waals surface area contributed by atoms with Crippen molar-refractivity contribution in [3.05, 3.63) is 0 Å². The number of aliphatic hydroxyl groups is 2. The van der Waals surface area contributed by atoms with Crippen LogP contribution < -0.4 is 0 Å². The number of ether oxygens (including phenoxy) is 1. The van der Waals surface area contributed by atoms with Gasteiger partial charge in [0, 0.05) is 12.3 Å². The number of hydrogen-bond acceptors (Lipinski definition) is 4. The Balaban J connectivity index is 2.20. The van der Waals surface area contributed by atoms with E-state index in [1.807, 2.05) is 13.8 Å². The van der Waals surface area contributed by atoms with Crippen LogP contribution in [0.1, 0.15) is 20.3 Å². The second-order valence-corrected chi connectivity index (χ2v) is 4.71. The molecule has 2 N–H and O–H groups in total. The molecule has 1 amide bonds. The lowest BCUT2D eigenvalue weighted by Gasteiger charge is -2.30. The number of nitrogens with zero attached hydrogens (tertiary/aromatic N) is 1. The first-order chi connectivity index (χ1) is 6.97. The van der Waals surface area contributed by atoms with Gasteiger partial charge in [0.1, 0.15) is 5.72 Å². The van der Waals surface area contributed by atoms with Crippen molar-refractivity contribution in [1.82, 2.24) is 4.90 Å². The molecule has 3 atom stereocenters. The highest BCUT2D eigenvalue weighted by atomic mass is 16.5. The maximum absolute atomic E-state index is 11.8. The Morgan fingerprint density at radius 2 is 2.33 bits per heavy atom. The van der Waals surface area contributed by atoms with Crippen LogP contribution in [0.2, 0.25) is 0 Å². The molecule has 2 rings (SSSR count). The lowest BCUT2D eigenvalue weighted by molar-refractivity contribution is -0.141. The van der Waals surface area contributed by atoms with E-state index in [0.29, 0.717) is 13.0 Å². The molecule has 0 spiro atoms. The third kappa shape index (κ3) is 1.55. The summed E-state index contributed by atoms with van der Waals surface area (Å²) in [6, 6.07) is -0.0883. The van der Waals surface area contributed by atoms with Crippen LogP contribution in [0.25, 0.3) is 0 Å². The van der Waals surface area contributed by atoms with Crippen LogP contribution in [-0.2, 0) is 9.53 Å². The molecule has 0 aromatic heterocycles. The van der Waals surface area contributed by atoms with Gasteiger partial charge >= 0.3 is 0 Å². The van der Waals surface area contributed by atoms with Crippen LogP contribution in [0.15, 0.2) is 0 Å². The van der Waals surface area contributed by atoms with Gasteiger partial charge in [-0.2, -0.15) is 0 Å². The largest absolute Gasteiger partial charge is 0.394 e. The van der Waals surface area contributed by atoms with Crippen molar-refractivity contribution in [3.63, 3.8) is 0 Å². The molecule has 2 saturated heterocycles. The number of amides is 1. The van der Waals surface area contributed by atoms with E-state index in [9.17, 15) is 9.90 Å². The third-order valence-corrected chi connectivity index (χ3v) is 3.37. The van der Waals surface area contributed by atoms with E-state index in [2.05, 4.69) is 0 Å². The van der Waals surface area contributed by atoms with Crippen LogP contribution in [-0.4, -0.2) is 52.1 Å². The number of aliphatic hydroxyl groups excluding tert-OH is 2. The maximum atomic E-state index is 11.8. The molecule has 5 nitrogen and oxygen atoms in total. The summed E-state index contributed by atoms with van der Waals surface area (Å²) in [6.45, 7) is 3.83. The molecule has 0 bridgehead atoms.